The summed E-state index contributed by atoms with van der Waals surface area (Å²) in [7, 11) is 0. The first kappa shape index (κ1) is 77.5. The zero-order valence-corrected chi connectivity index (χ0v) is 53.5. The van der Waals surface area contributed by atoms with Gasteiger partial charge in [0.15, 0.2) is 6.10 Å². The molecule has 466 valence electrons. The van der Waals surface area contributed by atoms with Crippen molar-refractivity contribution in [3.63, 3.8) is 0 Å². The molecule has 1 atom stereocenters. The third-order valence-electron chi connectivity index (χ3n) is 14.4. The lowest BCUT2D eigenvalue weighted by atomic mass is 10.1. The van der Waals surface area contributed by atoms with Crippen molar-refractivity contribution in [1.29, 1.82) is 0 Å². The van der Waals surface area contributed by atoms with Gasteiger partial charge < -0.3 is 14.2 Å². The average Bonchev–Trinajstić information content (AvgIpc) is 3.47. The van der Waals surface area contributed by atoms with Crippen LogP contribution in [0.4, 0.5) is 0 Å². The SMILES string of the molecule is CC/C=C\C/C=C\C/C=C\C/C=C\C/C=C\C/C=C\C/C=C\C/C=C\CCCCCCCCC(=O)OCC(COC(=O)CCCCCCC/C=C\CCCCCCC)OC(=O)CCCCCCCCCCC/C=C\C/C=C\CCCCC. The molecule has 6 heteroatoms. The predicted octanol–water partition coefficient (Wildman–Crippen LogP) is 23.7. The van der Waals surface area contributed by atoms with Crippen LogP contribution in [-0.2, 0) is 28.6 Å². The molecule has 0 aromatic heterocycles. The Hall–Kier alpha value is -4.45. The Morgan fingerprint density at radius 1 is 0.256 bits per heavy atom. The predicted molar refractivity (Wildman–Crippen MR) is 357 cm³/mol. The number of hydrogen-bond acceptors (Lipinski definition) is 6. The highest BCUT2D eigenvalue weighted by Gasteiger charge is 2.19. The largest absolute Gasteiger partial charge is 0.462 e. The first-order chi connectivity index (χ1) is 40.5. The van der Waals surface area contributed by atoms with E-state index in [0.29, 0.717) is 19.3 Å². The molecule has 0 aliphatic carbocycles. The second-order valence-electron chi connectivity index (χ2n) is 22.3. The van der Waals surface area contributed by atoms with E-state index >= 15 is 0 Å². The Bertz CT molecular complexity index is 1730. The van der Waals surface area contributed by atoms with E-state index in [9.17, 15) is 14.4 Å². The van der Waals surface area contributed by atoms with Crippen LogP contribution in [0.5, 0.6) is 0 Å². The van der Waals surface area contributed by atoms with Gasteiger partial charge in [-0.05, 0) is 141 Å². The number of unbranched alkanes of at least 4 members (excludes halogenated alkanes) is 28. The van der Waals surface area contributed by atoms with Gasteiger partial charge in [-0.25, -0.2) is 0 Å². The van der Waals surface area contributed by atoms with Gasteiger partial charge in [0, 0.05) is 19.3 Å². The Labute approximate surface area is 506 Å². The Morgan fingerprint density at radius 2 is 0.476 bits per heavy atom. The fourth-order valence-corrected chi connectivity index (χ4v) is 9.25. The summed E-state index contributed by atoms with van der Waals surface area (Å²) >= 11 is 0. The van der Waals surface area contributed by atoms with Crippen LogP contribution in [0.15, 0.2) is 134 Å². The standard InChI is InChI=1S/C76H126O6/c1-4-7-10-13-16-19-22-25-28-30-32-33-34-35-36-37-38-39-40-41-42-43-45-46-48-51-54-57-60-63-66-69-75(78)81-72-73(71-80-74(77)68-65-62-59-56-53-50-27-24-21-18-15-12-9-6-3)82-76(79)70-67-64-61-58-55-52-49-47-44-31-29-26-23-20-17-14-11-8-5-2/h7,10,16-17,19-20,24-29,32-33,35-36,38-39,41-42,45-46,73H,4-6,8-9,11-15,18,21-23,30-31,34,37,40,43-44,47-72H2,1-3H3/b10-7-,19-16-,20-17-,27-24-,28-25-,29-26-,33-32-,36-35-,39-38-,42-41-,46-45-. The van der Waals surface area contributed by atoms with E-state index in [1.54, 1.807) is 0 Å². The van der Waals surface area contributed by atoms with E-state index in [1.807, 2.05) is 0 Å². The Balaban J connectivity index is 4.37. The normalized spacial score (nSPS) is 13.0. The molecule has 1 unspecified atom stereocenters. The van der Waals surface area contributed by atoms with Crippen LogP contribution >= 0.6 is 0 Å². The molecular formula is C76H126O6. The third kappa shape index (κ3) is 66.4. The highest BCUT2D eigenvalue weighted by molar-refractivity contribution is 5.71. The zero-order valence-electron chi connectivity index (χ0n) is 53.5. The van der Waals surface area contributed by atoms with Gasteiger partial charge in [0.25, 0.3) is 0 Å². The second kappa shape index (κ2) is 69.0. The molecule has 0 aromatic carbocycles. The van der Waals surface area contributed by atoms with Crippen molar-refractivity contribution in [2.45, 2.75) is 316 Å². The lowest BCUT2D eigenvalue weighted by Crippen LogP contribution is -2.30. The van der Waals surface area contributed by atoms with Crippen molar-refractivity contribution in [1.82, 2.24) is 0 Å². The third-order valence-corrected chi connectivity index (χ3v) is 14.4. The Morgan fingerprint density at radius 3 is 0.780 bits per heavy atom. The van der Waals surface area contributed by atoms with Crippen molar-refractivity contribution >= 4 is 17.9 Å². The molecule has 0 saturated carbocycles. The monoisotopic (exact) mass is 1130 g/mol. The Kier molecular flexibility index (Phi) is 65.3. The molecule has 0 heterocycles. The van der Waals surface area contributed by atoms with E-state index < -0.39 is 6.10 Å². The van der Waals surface area contributed by atoms with Crippen LogP contribution in [0.1, 0.15) is 310 Å². The van der Waals surface area contributed by atoms with Crippen LogP contribution in [0.2, 0.25) is 0 Å². The molecule has 6 nitrogen and oxygen atoms in total. The van der Waals surface area contributed by atoms with Crippen LogP contribution in [0, 0.1) is 0 Å². The number of hydrogen-bond donors (Lipinski definition) is 0. The lowest BCUT2D eigenvalue weighted by Gasteiger charge is -2.18. The molecule has 0 bridgehead atoms. The maximum absolute atomic E-state index is 12.9. The molecule has 0 N–H and O–H groups in total. The molecule has 0 amide bonds. The maximum atomic E-state index is 12.9. The summed E-state index contributed by atoms with van der Waals surface area (Å²) in [6.07, 6.45) is 97.4. The van der Waals surface area contributed by atoms with Gasteiger partial charge in [-0.2, -0.15) is 0 Å². The van der Waals surface area contributed by atoms with Gasteiger partial charge in [0.2, 0.25) is 0 Å². The highest BCUT2D eigenvalue weighted by Crippen LogP contribution is 2.15. The van der Waals surface area contributed by atoms with Crippen LogP contribution in [0.3, 0.4) is 0 Å². The van der Waals surface area contributed by atoms with Crippen molar-refractivity contribution in [3.05, 3.63) is 134 Å². The molecule has 0 radical (unpaired) electrons. The van der Waals surface area contributed by atoms with E-state index in [4.69, 9.17) is 14.2 Å². The van der Waals surface area contributed by atoms with Gasteiger partial charge in [-0.3, -0.25) is 14.4 Å². The number of carbonyl (C=O) groups excluding carboxylic acids is 3. The quantitative estimate of drug-likeness (QED) is 0.0261. The van der Waals surface area contributed by atoms with Gasteiger partial charge in [-0.1, -0.05) is 283 Å². The van der Waals surface area contributed by atoms with E-state index in [-0.39, 0.29) is 31.1 Å². The minimum absolute atomic E-state index is 0.0907. The fraction of sp³-hybridized carbons (Fsp3) is 0.671. The van der Waals surface area contributed by atoms with Crippen molar-refractivity contribution < 1.29 is 28.6 Å². The molecule has 0 rings (SSSR count). The van der Waals surface area contributed by atoms with Crippen LogP contribution in [-0.4, -0.2) is 37.2 Å². The minimum Gasteiger partial charge on any atom is -0.462 e. The second-order valence-corrected chi connectivity index (χ2v) is 22.3. The molecular weight excluding hydrogens is 1010 g/mol. The summed E-state index contributed by atoms with van der Waals surface area (Å²) in [5.41, 5.74) is 0. The number of rotatable bonds is 61. The molecule has 0 fully saturated rings. The van der Waals surface area contributed by atoms with E-state index in [1.165, 1.54) is 135 Å². The number of ether oxygens (including phenoxy) is 3. The van der Waals surface area contributed by atoms with Gasteiger partial charge in [0.1, 0.15) is 13.2 Å². The summed E-state index contributed by atoms with van der Waals surface area (Å²) in [6, 6.07) is 0. The molecule has 0 aliphatic heterocycles. The topological polar surface area (TPSA) is 78.9 Å². The molecule has 0 aliphatic rings. The first-order valence-corrected chi connectivity index (χ1v) is 34.2. The number of allylic oxidation sites excluding steroid dienone is 22. The lowest BCUT2D eigenvalue weighted by molar-refractivity contribution is -0.167. The van der Waals surface area contributed by atoms with Crippen LogP contribution in [0.25, 0.3) is 0 Å². The van der Waals surface area contributed by atoms with Crippen LogP contribution < -0.4 is 0 Å². The minimum atomic E-state index is -0.796. The summed E-state index contributed by atoms with van der Waals surface area (Å²) in [6.45, 7) is 6.49. The maximum Gasteiger partial charge on any atom is 0.306 e. The smallest absolute Gasteiger partial charge is 0.306 e. The fourth-order valence-electron chi connectivity index (χ4n) is 9.25. The van der Waals surface area contributed by atoms with Crippen molar-refractivity contribution in [3.8, 4) is 0 Å². The van der Waals surface area contributed by atoms with E-state index in [0.717, 1.165) is 135 Å². The van der Waals surface area contributed by atoms with Crippen molar-refractivity contribution in [2.24, 2.45) is 0 Å². The average molecular weight is 1140 g/mol. The first-order valence-electron chi connectivity index (χ1n) is 34.2. The van der Waals surface area contributed by atoms with Gasteiger partial charge in [-0.15, -0.1) is 0 Å². The molecule has 0 aromatic rings. The summed E-state index contributed by atoms with van der Waals surface area (Å²) in [5, 5.41) is 0. The molecule has 82 heavy (non-hydrogen) atoms. The van der Waals surface area contributed by atoms with E-state index in [2.05, 4.69) is 154 Å². The number of carbonyl (C=O) groups is 3. The highest BCUT2D eigenvalue weighted by atomic mass is 16.6. The number of esters is 3. The summed E-state index contributed by atoms with van der Waals surface area (Å²) < 4.78 is 16.9. The molecule has 0 spiro atoms. The van der Waals surface area contributed by atoms with Gasteiger partial charge in [0.05, 0.1) is 0 Å². The zero-order chi connectivity index (χ0) is 59.2. The summed E-state index contributed by atoms with van der Waals surface area (Å²) in [4.78, 5) is 38.4. The van der Waals surface area contributed by atoms with Crippen molar-refractivity contribution in [2.75, 3.05) is 13.2 Å². The molecule has 0 saturated heterocycles. The summed E-state index contributed by atoms with van der Waals surface area (Å²) in [5.74, 6) is -0.912. The van der Waals surface area contributed by atoms with Gasteiger partial charge >= 0.3 is 17.9 Å².